The minimum Gasteiger partial charge on any atom is -0.366 e. The number of rotatable bonds is 4. The third-order valence-electron chi connectivity index (χ3n) is 3.08. The maximum absolute atomic E-state index is 11.9. The first-order valence-corrected chi connectivity index (χ1v) is 6.08. The lowest BCUT2D eigenvalue weighted by Gasteiger charge is -2.11. The van der Waals surface area contributed by atoms with Gasteiger partial charge in [0.05, 0.1) is 0 Å². The maximum Gasteiger partial charge on any atom is 0.251 e. The summed E-state index contributed by atoms with van der Waals surface area (Å²) in [5, 5.41) is 6.16. The molecule has 5 heteroatoms. The van der Waals surface area contributed by atoms with Crippen molar-refractivity contribution in [3.8, 4) is 0 Å². The van der Waals surface area contributed by atoms with Crippen LogP contribution in [0.25, 0.3) is 0 Å². The smallest absolute Gasteiger partial charge is 0.251 e. The molecule has 1 fully saturated rings. The first-order chi connectivity index (χ1) is 8.66. The zero-order valence-electron chi connectivity index (χ0n) is 10.1. The van der Waals surface area contributed by atoms with Crippen LogP contribution < -0.4 is 16.4 Å². The van der Waals surface area contributed by atoms with Crippen molar-refractivity contribution in [2.24, 2.45) is 5.73 Å². The number of benzene rings is 1. The van der Waals surface area contributed by atoms with Crippen LogP contribution in [0.1, 0.15) is 33.6 Å². The number of carbonyl (C=O) groups excluding carboxylic acids is 2. The van der Waals surface area contributed by atoms with Crippen LogP contribution in [0.4, 0.5) is 0 Å². The summed E-state index contributed by atoms with van der Waals surface area (Å²) in [7, 11) is 0. The van der Waals surface area contributed by atoms with E-state index in [4.69, 9.17) is 5.73 Å². The van der Waals surface area contributed by atoms with Crippen LogP contribution >= 0.6 is 0 Å². The molecule has 1 aromatic rings. The van der Waals surface area contributed by atoms with Crippen molar-refractivity contribution in [2.75, 3.05) is 13.1 Å². The third kappa shape index (κ3) is 3.07. The molecule has 5 nitrogen and oxygen atoms in total. The molecule has 1 saturated heterocycles. The van der Waals surface area contributed by atoms with E-state index in [0.717, 1.165) is 19.4 Å². The van der Waals surface area contributed by atoms with Crippen molar-refractivity contribution in [1.82, 2.24) is 10.6 Å². The van der Waals surface area contributed by atoms with Crippen LogP contribution in [0.15, 0.2) is 24.3 Å². The summed E-state index contributed by atoms with van der Waals surface area (Å²) >= 11 is 0. The van der Waals surface area contributed by atoms with Gasteiger partial charge in [-0.2, -0.15) is 0 Å². The highest BCUT2D eigenvalue weighted by Gasteiger charge is 2.15. The third-order valence-corrected chi connectivity index (χ3v) is 3.08. The zero-order chi connectivity index (χ0) is 13.0. The Hall–Kier alpha value is -1.88. The van der Waals surface area contributed by atoms with Crippen molar-refractivity contribution in [3.63, 3.8) is 0 Å². The van der Waals surface area contributed by atoms with E-state index in [0.29, 0.717) is 23.7 Å². The average molecular weight is 247 g/mol. The predicted molar refractivity (Wildman–Crippen MR) is 68.3 cm³/mol. The van der Waals surface area contributed by atoms with Gasteiger partial charge in [0.2, 0.25) is 5.91 Å². The van der Waals surface area contributed by atoms with Gasteiger partial charge in [-0.15, -0.1) is 0 Å². The van der Waals surface area contributed by atoms with Gasteiger partial charge in [-0.3, -0.25) is 9.59 Å². The molecule has 4 N–H and O–H groups in total. The molecule has 18 heavy (non-hydrogen) atoms. The molecule has 1 heterocycles. The minimum absolute atomic E-state index is 0.174. The van der Waals surface area contributed by atoms with Crippen molar-refractivity contribution in [3.05, 3.63) is 35.4 Å². The molecule has 0 radical (unpaired) electrons. The number of hydrogen-bond donors (Lipinski definition) is 3. The SMILES string of the molecule is NC(=O)c1cccc(C(=O)NCC2CCCN2)c1. The fourth-order valence-electron chi connectivity index (χ4n) is 2.06. The normalized spacial score (nSPS) is 18.6. The van der Waals surface area contributed by atoms with Gasteiger partial charge in [0.25, 0.3) is 5.91 Å². The highest BCUT2D eigenvalue weighted by Crippen LogP contribution is 2.06. The summed E-state index contributed by atoms with van der Waals surface area (Å²) in [5.74, 6) is -0.700. The first kappa shape index (κ1) is 12.6. The Kier molecular flexibility index (Phi) is 3.94. The van der Waals surface area contributed by atoms with Crippen molar-refractivity contribution in [1.29, 1.82) is 0 Å². The monoisotopic (exact) mass is 247 g/mol. The molecule has 0 aliphatic carbocycles. The fourth-order valence-corrected chi connectivity index (χ4v) is 2.06. The number of nitrogens with two attached hydrogens (primary N) is 1. The molecule has 96 valence electrons. The van der Waals surface area contributed by atoms with Gasteiger partial charge in [-0.1, -0.05) is 6.07 Å². The molecule has 0 aromatic heterocycles. The zero-order valence-corrected chi connectivity index (χ0v) is 10.1. The molecule has 1 aliphatic heterocycles. The summed E-state index contributed by atoms with van der Waals surface area (Å²) in [6.45, 7) is 1.62. The quantitative estimate of drug-likeness (QED) is 0.714. The predicted octanol–water partition coefficient (Wildman–Crippen LogP) is 0.267. The summed E-state index contributed by atoms with van der Waals surface area (Å²) in [4.78, 5) is 22.9. The van der Waals surface area contributed by atoms with E-state index in [-0.39, 0.29) is 5.91 Å². The summed E-state index contributed by atoms with van der Waals surface area (Å²) in [5.41, 5.74) is 5.99. The molecule has 1 aliphatic rings. The maximum atomic E-state index is 11.9. The van der Waals surface area contributed by atoms with Crippen LogP contribution in [-0.2, 0) is 0 Å². The molecule has 1 aromatic carbocycles. The Labute approximate surface area is 106 Å². The molecule has 0 bridgehead atoms. The van der Waals surface area contributed by atoms with E-state index in [9.17, 15) is 9.59 Å². The van der Waals surface area contributed by atoms with Crippen molar-refractivity contribution in [2.45, 2.75) is 18.9 Å². The second-order valence-electron chi connectivity index (χ2n) is 4.45. The molecule has 1 unspecified atom stereocenters. The highest BCUT2D eigenvalue weighted by molar-refractivity contribution is 5.99. The van der Waals surface area contributed by atoms with Gasteiger partial charge in [0, 0.05) is 23.7 Å². The number of amides is 2. The Morgan fingerprint density at radius 3 is 2.83 bits per heavy atom. The van der Waals surface area contributed by atoms with E-state index in [1.54, 1.807) is 18.2 Å². The highest BCUT2D eigenvalue weighted by atomic mass is 16.2. The second kappa shape index (κ2) is 5.64. The lowest BCUT2D eigenvalue weighted by Crippen LogP contribution is -2.37. The van der Waals surface area contributed by atoms with E-state index in [1.807, 2.05) is 0 Å². The van der Waals surface area contributed by atoms with Crippen LogP contribution in [0.5, 0.6) is 0 Å². The van der Waals surface area contributed by atoms with Gasteiger partial charge in [-0.25, -0.2) is 0 Å². The van der Waals surface area contributed by atoms with Crippen LogP contribution in [0.3, 0.4) is 0 Å². The van der Waals surface area contributed by atoms with Crippen LogP contribution in [0, 0.1) is 0 Å². The summed E-state index contributed by atoms with van der Waals surface area (Å²) < 4.78 is 0. The lowest BCUT2D eigenvalue weighted by molar-refractivity contribution is 0.0950. The van der Waals surface area contributed by atoms with E-state index in [1.165, 1.54) is 6.07 Å². The van der Waals surface area contributed by atoms with Crippen LogP contribution in [-0.4, -0.2) is 30.9 Å². The van der Waals surface area contributed by atoms with Gasteiger partial charge < -0.3 is 16.4 Å². The summed E-state index contributed by atoms with van der Waals surface area (Å²) in [6.07, 6.45) is 2.24. The number of carbonyl (C=O) groups is 2. The number of hydrogen-bond acceptors (Lipinski definition) is 3. The minimum atomic E-state index is -0.526. The molecule has 2 amide bonds. The van der Waals surface area contributed by atoms with Crippen molar-refractivity contribution >= 4 is 11.8 Å². The molecular formula is C13H17N3O2. The summed E-state index contributed by atoms with van der Waals surface area (Å²) in [6, 6.07) is 6.79. The average Bonchev–Trinajstić information content (AvgIpc) is 2.89. The number of primary amides is 1. The van der Waals surface area contributed by atoms with E-state index >= 15 is 0 Å². The van der Waals surface area contributed by atoms with Gasteiger partial charge >= 0.3 is 0 Å². The van der Waals surface area contributed by atoms with Crippen LogP contribution in [0.2, 0.25) is 0 Å². The Balaban J connectivity index is 1.95. The largest absolute Gasteiger partial charge is 0.366 e. The van der Waals surface area contributed by atoms with E-state index < -0.39 is 5.91 Å². The first-order valence-electron chi connectivity index (χ1n) is 6.08. The molecular weight excluding hydrogens is 230 g/mol. The molecule has 0 saturated carbocycles. The Morgan fingerprint density at radius 1 is 1.39 bits per heavy atom. The van der Waals surface area contributed by atoms with Gasteiger partial charge in [0.1, 0.15) is 0 Å². The fraction of sp³-hybridized carbons (Fsp3) is 0.385. The molecule has 0 spiro atoms. The second-order valence-corrected chi connectivity index (χ2v) is 4.45. The molecule has 2 rings (SSSR count). The number of nitrogens with one attached hydrogen (secondary N) is 2. The van der Waals surface area contributed by atoms with E-state index in [2.05, 4.69) is 10.6 Å². The molecule has 1 atom stereocenters. The van der Waals surface area contributed by atoms with Gasteiger partial charge in [0.15, 0.2) is 0 Å². The van der Waals surface area contributed by atoms with Gasteiger partial charge in [-0.05, 0) is 37.6 Å². The Bertz CT molecular complexity index is 453. The lowest BCUT2D eigenvalue weighted by atomic mass is 10.1. The van der Waals surface area contributed by atoms with Crippen molar-refractivity contribution < 1.29 is 9.59 Å². The standard InChI is InChI=1S/C13H17N3O2/c14-12(17)9-3-1-4-10(7-9)13(18)16-8-11-5-2-6-15-11/h1,3-4,7,11,15H,2,5-6,8H2,(H2,14,17)(H,16,18). The topological polar surface area (TPSA) is 84.2 Å². The Morgan fingerprint density at radius 2 is 2.17 bits per heavy atom.